The summed E-state index contributed by atoms with van der Waals surface area (Å²) in [7, 11) is 0. The normalized spacial score (nSPS) is 22.5. The van der Waals surface area contributed by atoms with E-state index in [1.54, 1.807) is 5.57 Å². The van der Waals surface area contributed by atoms with Gasteiger partial charge in [0, 0.05) is 35.0 Å². The lowest BCUT2D eigenvalue weighted by Gasteiger charge is -2.38. The van der Waals surface area contributed by atoms with Crippen LogP contribution in [-0.2, 0) is 11.8 Å². The minimum Gasteiger partial charge on any atom is -0.341 e. The highest BCUT2D eigenvalue weighted by atomic mass is 15.2. The number of allylic oxidation sites excluding steroid dienone is 12. The molecule has 0 saturated carbocycles. The SMILES string of the molecule is CC1C2CC(=CC=C2/C=C/c2ccc(-c3cccc(N4C5=C(CCC=C5)CC5=C4CCC=C5)c3)cc2)c2ccc(N3CCCc4ccccc43)cc2C1(C)C. The average Bonchev–Trinajstić information content (AvgIpc) is 3.30. The molecular weight excluding hydrogens is 665 g/mol. The van der Waals surface area contributed by atoms with Crippen LogP contribution in [0.25, 0.3) is 22.8 Å². The van der Waals surface area contributed by atoms with Gasteiger partial charge in [0.15, 0.2) is 0 Å². The van der Waals surface area contributed by atoms with E-state index in [2.05, 4.69) is 170 Å². The highest BCUT2D eigenvalue weighted by Crippen LogP contribution is 2.52. The topological polar surface area (TPSA) is 6.48 Å². The van der Waals surface area contributed by atoms with Crippen molar-refractivity contribution in [2.24, 2.45) is 11.8 Å². The van der Waals surface area contributed by atoms with Crippen molar-refractivity contribution in [3.63, 3.8) is 0 Å². The van der Waals surface area contributed by atoms with Crippen molar-refractivity contribution in [1.29, 1.82) is 0 Å². The summed E-state index contributed by atoms with van der Waals surface area (Å²) in [5, 5.41) is 0. The van der Waals surface area contributed by atoms with E-state index in [-0.39, 0.29) is 5.41 Å². The van der Waals surface area contributed by atoms with Gasteiger partial charge in [0.25, 0.3) is 0 Å². The fraction of sp³-hybridized carbons (Fsp3) is 0.283. The van der Waals surface area contributed by atoms with Crippen molar-refractivity contribution < 1.29 is 0 Å². The van der Waals surface area contributed by atoms with Crippen LogP contribution in [0.4, 0.5) is 17.1 Å². The minimum atomic E-state index is 0.0275. The van der Waals surface area contributed by atoms with Crippen molar-refractivity contribution in [1.82, 2.24) is 0 Å². The van der Waals surface area contributed by atoms with Crippen LogP contribution in [-0.4, -0.2) is 6.54 Å². The number of aryl methyl sites for hydroxylation is 1. The first-order chi connectivity index (χ1) is 26.9. The number of nitrogens with zero attached hydrogens (tertiary/aromatic N) is 2. The molecule has 2 nitrogen and oxygen atoms in total. The smallest absolute Gasteiger partial charge is 0.0464 e. The Morgan fingerprint density at radius 3 is 2.51 bits per heavy atom. The highest BCUT2D eigenvalue weighted by molar-refractivity contribution is 5.79. The fourth-order valence-electron chi connectivity index (χ4n) is 10.4. The third-order valence-electron chi connectivity index (χ3n) is 13.8. The van der Waals surface area contributed by atoms with Gasteiger partial charge in [0.05, 0.1) is 0 Å². The van der Waals surface area contributed by atoms with Crippen LogP contribution in [0, 0.1) is 11.8 Å². The van der Waals surface area contributed by atoms with Crippen molar-refractivity contribution in [3.05, 3.63) is 184 Å². The maximum atomic E-state index is 2.56. The average molecular weight is 717 g/mol. The van der Waals surface area contributed by atoms with E-state index in [1.807, 2.05) is 0 Å². The van der Waals surface area contributed by atoms with Crippen molar-refractivity contribution >= 4 is 28.7 Å². The van der Waals surface area contributed by atoms with E-state index < -0.39 is 0 Å². The second-order valence-electron chi connectivity index (χ2n) is 17.2. The van der Waals surface area contributed by atoms with Gasteiger partial charge in [-0.2, -0.15) is 0 Å². The summed E-state index contributed by atoms with van der Waals surface area (Å²) in [6, 6.07) is 34.7. The number of hydrogen-bond donors (Lipinski definition) is 0. The fourth-order valence-corrected chi connectivity index (χ4v) is 10.4. The Hall–Kier alpha value is -5.34. The van der Waals surface area contributed by atoms with Crippen LogP contribution in [0.5, 0.6) is 0 Å². The molecule has 0 aromatic heterocycles. The van der Waals surface area contributed by atoms with Crippen molar-refractivity contribution in [2.75, 3.05) is 16.3 Å². The van der Waals surface area contributed by atoms with Gasteiger partial charge in [0.2, 0.25) is 0 Å². The molecule has 0 radical (unpaired) electrons. The number of para-hydroxylation sites is 1. The minimum absolute atomic E-state index is 0.0275. The van der Waals surface area contributed by atoms with E-state index in [0.29, 0.717) is 11.8 Å². The van der Waals surface area contributed by atoms with E-state index >= 15 is 0 Å². The standard InChI is InChI=1S/C53H52N2/c1-36-48-34-42(47-30-29-45(35-49(47)53(36,2)3)54-31-11-16-40-12-4-7-18-50(40)54)28-27-39(48)26-23-37-21-24-38(25-22-37)41-15-10-17-46(33-41)55-51-19-8-5-13-43(51)32-44-14-6-9-20-52(44)55/h4-5,7,9-10,12-13,15,17-18,20-30,33,35-36,48H,6,8,11,14,16,19,31-32,34H2,1-3H3/b26-23+. The first-order valence-corrected chi connectivity index (χ1v) is 20.8. The zero-order valence-corrected chi connectivity index (χ0v) is 32.7. The quantitative estimate of drug-likeness (QED) is 0.203. The summed E-state index contributed by atoms with van der Waals surface area (Å²) >= 11 is 0. The summed E-state index contributed by atoms with van der Waals surface area (Å²) < 4.78 is 0. The van der Waals surface area contributed by atoms with Gasteiger partial charge in [-0.3, -0.25) is 0 Å². The molecule has 2 bridgehead atoms. The highest BCUT2D eigenvalue weighted by Gasteiger charge is 2.41. The summed E-state index contributed by atoms with van der Waals surface area (Å²) in [5.41, 5.74) is 21.1. The predicted octanol–water partition coefficient (Wildman–Crippen LogP) is 13.8. The Labute approximate surface area is 328 Å². The van der Waals surface area contributed by atoms with Crippen molar-refractivity contribution in [3.8, 4) is 11.1 Å². The third kappa shape index (κ3) is 6.02. The lowest BCUT2D eigenvalue weighted by atomic mass is 9.67. The molecule has 2 atom stereocenters. The zero-order valence-electron chi connectivity index (χ0n) is 32.7. The summed E-state index contributed by atoms with van der Waals surface area (Å²) in [6.45, 7) is 8.53. The molecule has 4 aliphatic carbocycles. The Kier molecular flexibility index (Phi) is 8.54. The van der Waals surface area contributed by atoms with E-state index in [1.165, 1.54) is 91.4 Å². The van der Waals surface area contributed by atoms with E-state index in [0.717, 1.165) is 45.1 Å². The number of benzene rings is 4. The molecule has 0 amide bonds. The molecule has 0 fully saturated rings. The van der Waals surface area contributed by atoms with E-state index in [9.17, 15) is 0 Å². The molecular formula is C53H52N2. The molecule has 2 unspecified atom stereocenters. The number of rotatable bonds is 5. The second kappa shape index (κ2) is 13.7. The van der Waals surface area contributed by atoms with Gasteiger partial charge < -0.3 is 9.80 Å². The summed E-state index contributed by atoms with van der Waals surface area (Å²) in [5.74, 6) is 0.957. The molecule has 2 aliphatic heterocycles. The third-order valence-corrected chi connectivity index (χ3v) is 13.8. The summed E-state index contributed by atoms with van der Waals surface area (Å²) in [4.78, 5) is 5.11. The van der Waals surface area contributed by atoms with Gasteiger partial charge in [-0.1, -0.05) is 124 Å². The molecule has 0 N–H and O–H groups in total. The molecule has 4 aromatic carbocycles. The molecule has 4 aromatic rings. The number of fused-ring (bicyclic) bond motifs is 5. The Morgan fingerprint density at radius 2 is 1.60 bits per heavy atom. The molecule has 2 heteroatoms. The van der Waals surface area contributed by atoms with Crippen LogP contribution < -0.4 is 9.80 Å². The lowest BCUT2D eigenvalue weighted by molar-refractivity contribution is 0.272. The van der Waals surface area contributed by atoms with Gasteiger partial charge >= 0.3 is 0 Å². The Bertz CT molecular complexity index is 2400. The first kappa shape index (κ1) is 34.2. The maximum absolute atomic E-state index is 2.56. The van der Waals surface area contributed by atoms with E-state index in [4.69, 9.17) is 0 Å². The van der Waals surface area contributed by atoms with Crippen LogP contribution >= 0.6 is 0 Å². The summed E-state index contributed by atoms with van der Waals surface area (Å²) in [6.07, 6.45) is 28.1. The Balaban J connectivity index is 0.901. The molecule has 0 saturated heterocycles. The van der Waals surface area contributed by atoms with Crippen LogP contribution in [0.2, 0.25) is 0 Å². The number of hydrogen-bond acceptors (Lipinski definition) is 2. The number of anilines is 3. The largest absolute Gasteiger partial charge is 0.341 e. The molecule has 10 rings (SSSR count). The molecule has 6 aliphatic rings. The molecule has 274 valence electrons. The van der Waals surface area contributed by atoms with Gasteiger partial charge in [-0.05, 0) is 161 Å². The van der Waals surface area contributed by atoms with Gasteiger partial charge in [-0.25, -0.2) is 0 Å². The first-order valence-electron chi connectivity index (χ1n) is 20.8. The second-order valence-corrected chi connectivity index (χ2v) is 17.2. The lowest BCUT2D eigenvalue weighted by Crippen LogP contribution is -2.32. The zero-order chi connectivity index (χ0) is 37.1. The molecule has 2 heterocycles. The molecule has 55 heavy (non-hydrogen) atoms. The van der Waals surface area contributed by atoms with Crippen LogP contribution in [0.15, 0.2) is 162 Å². The van der Waals surface area contributed by atoms with Crippen LogP contribution in [0.1, 0.15) is 88.0 Å². The monoisotopic (exact) mass is 716 g/mol. The van der Waals surface area contributed by atoms with Gasteiger partial charge in [-0.15, -0.1) is 0 Å². The predicted molar refractivity (Wildman–Crippen MR) is 233 cm³/mol. The van der Waals surface area contributed by atoms with Gasteiger partial charge in [0.1, 0.15) is 0 Å². The molecule has 0 spiro atoms. The van der Waals surface area contributed by atoms with Crippen molar-refractivity contribution in [2.45, 2.75) is 77.6 Å². The maximum Gasteiger partial charge on any atom is 0.0464 e. The Morgan fingerprint density at radius 1 is 0.745 bits per heavy atom. The van der Waals surface area contributed by atoms with Crippen LogP contribution in [0.3, 0.4) is 0 Å².